The minimum Gasteiger partial charge on any atom is -0.462 e. The average molecular weight is 501 g/mol. The Morgan fingerprint density at radius 3 is 2.56 bits per heavy atom. The van der Waals surface area contributed by atoms with Crippen LogP contribution in [0.1, 0.15) is 131 Å². The minimum absolute atomic E-state index is 0.0202. The molecular weight excluding hydrogens is 444 g/mol. The fraction of sp³-hybridized carbons (Fsp3) is 0.909. The molecule has 0 unspecified atom stereocenters. The highest BCUT2D eigenvalue weighted by Gasteiger charge is 2.59. The summed E-state index contributed by atoms with van der Waals surface area (Å²) in [7, 11) is 0. The molecule has 0 bridgehead atoms. The fourth-order valence-electron chi connectivity index (χ4n) is 9.44. The number of allylic oxidation sites excluding steroid dienone is 1. The van der Waals surface area contributed by atoms with Gasteiger partial charge in [0, 0.05) is 12.8 Å². The van der Waals surface area contributed by atoms with Crippen molar-refractivity contribution in [1.29, 1.82) is 0 Å². The van der Waals surface area contributed by atoms with Crippen LogP contribution >= 0.6 is 0 Å². The summed E-state index contributed by atoms with van der Waals surface area (Å²) in [5.74, 6) is 4.37. The zero-order valence-corrected chi connectivity index (χ0v) is 24.4. The van der Waals surface area contributed by atoms with Crippen LogP contribution in [0.3, 0.4) is 0 Å². The van der Waals surface area contributed by atoms with E-state index in [4.69, 9.17) is 4.74 Å². The van der Waals surface area contributed by atoms with Gasteiger partial charge in [0.25, 0.3) is 0 Å². The van der Waals surface area contributed by atoms with Crippen molar-refractivity contribution < 1.29 is 14.6 Å². The lowest BCUT2D eigenvalue weighted by Gasteiger charge is -2.58. The summed E-state index contributed by atoms with van der Waals surface area (Å²) in [5.41, 5.74) is 2.38. The highest BCUT2D eigenvalue weighted by atomic mass is 16.5. The van der Waals surface area contributed by atoms with E-state index in [1.54, 1.807) is 5.57 Å². The summed E-state index contributed by atoms with van der Waals surface area (Å²) < 4.78 is 5.95. The third-order valence-electron chi connectivity index (χ3n) is 11.8. The molecule has 9 atom stereocenters. The molecule has 3 nitrogen and oxygen atoms in total. The lowest BCUT2D eigenvalue weighted by molar-refractivity contribution is -0.151. The van der Waals surface area contributed by atoms with Crippen molar-refractivity contribution in [3.05, 3.63) is 11.6 Å². The molecule has 4 aliphatic carbocycles. The van der Waals surface area contributed by atoms with Gasteiger partial charge in [0.15, 0.2) is 0 Å². The van der Waals surface area contributed by atoms with E-state index in [1.165, 1.54) is 44.9 Å². The highest BCUT2D eigenvalue weighted by Crippen LogP contribution is 2.67. The van der Waals surface area contributed by atoms with Gasteiger partial charge in [0.2, 0.25) is 0 Å². The molecule has 3 heteroatoms. The molecule has 0 radical (unpaired) electrons. The molecule has 4 rings (SSSR count). The van der Waals surface area contributed by atoms with Gasteiger partial charge in [-0.2, -0.15) is 0 Å². The predicted octanol–water partition coefficient (Wildman–Crippen LogP) is 8.49. The topological polar surface area (TPSA) is 46.5 Å². The molecule has 4 aliphatic rings. The van der Waals surface area contributed by atoms with Crippen molar-refractivity contribution in [2.45, 2.75) is 144 Å². The fourth-order valence-corrected chi connectivity index (χ4v) is 9.44. The summed E-state index contributed by atoms with van der Waals surface area (Å²) in [6.45, 7) is 14.1. The summed E-state index contributed by atoms with van der Waals surface area (Å²) in [5, 5.41) is 10.4. The van der Waals surface area contributed by atoms with Gasteiger partial charge in [0.1, 0.15) is 6.10 Å². The van der Waals surface area contributed by atoms with E-state index >= 15 is 0 Å². The Balaban J connectivity index is 1.39. The number of rotatable bonds is 10. The second kappa shape index (κ2) is 11.5. The van der Waals surface area contributed by atoms with Crippen LogP contribution in [0.5, 0.6) is 0 Å². The number of carbonyl (C=O) groups excluding carboxylic acids is 1. The number of esters is 1. The SMILES string of the molecule is CCCCCC(=O)O[C@H]1CC[C@@]2(C)C(=CC[C@H]3[C@@H]4CC[C@H]([C@H](C)CC[C@H](O)C(C)C)[C@@]4(C)CC[C@@H]32)C1. The predicted molar refractivity (Wildman–Crippen MR) is 148 cm³/mol. The summed E-state index contributed by atoms with van der Waals surface area (Å²) >= 11 is 0. The summed E-state index contributed by atoms with van der Waals surface area (Å²) in [6.07, 6.45) is 18.4. The van der Waals surface area contributed by atoms with Crippen LogP contribution in [0.2, 0.25) is 0 Å². The Kier molecular flexibility index (Phi) is 9.01. The third-order valence-corrected chi connectivity index (χ3v) is 11.8. The number of aliphatic hydroxyl groups excluding tert-OH is 1. The summed E-state index contributed by atoms with van der Waals surface area (Å²) in [4.78, 5) is 12.4. The van der Waals surface area contributed by atoms with Gasteiger partial charge in [-0.25, -0.2) is 0 Å². The van der Waals surface area contributed by atoms with Crippen LogP contribution in [0.25, 0.3) is 0 Å². The molecular formula is C33H56O3. The quantitative estimate of drug-likeness (QED) is 0.186. The normalized spacial score (nSPS) is 39.6. The minimum atomic E-state index is -0.152. The maximum Gasteiger partial charge on any atom is 0.306 e. The molecule has 0 amide bonds. The molecule has 0 heterocycles. The zero-order chi connectivity index (χ0) is 26.1. The Morgan fingerprint density at radius 2 is 1.83 bits per heavy atom. The van der Waals surface area contributed by atoms with E-state index in [0.717, 1.165) is 62.2 Å². The number of hydrogen-bond donors (Lipinski definition) is 1. The summed E-state index contributed by atoms with van der Waals surface area (Å²) in [6, 6.07) is 0. The van der Waals surface area contributed by atoms with Crippen LogP contribution in [-0.2, 0) is 9.53 Å². The molecule has 0 aromatic carbocycles. The maximum atomic E-state index is 12.4. The smallest absolute Gasteiger partial charge is 0.306 e. The van der Waals surface area contributed by atoms with Crippen LogP contribution in [0, 0.1) is 46.3 Å². The van der Waals surface area contributed by atoms with Gasteiger partial charge in [-0.1, -0.05) is 66.0 Å². The number of fused-ring (bicyclic) bond motifs is 5. The lowest BCUT2D eigenvalue weighted by Crippen LogP contribution is -2.51. The zero-order valence-electron chi connectivity index (χ0n) is 24.4. The number of unbranched alkanes of at least 4 members (excludes halogenated alkanes) is 2. The van der Waals surface area contributed by atoms with E-state index in [1.807, 2.05) is 0 Å². The van der Waals surface area contributed by atoms with E-state index in [0.29, 0.717) is 29.1 Å². The van der Waals surface area contributed by atoms with Gasteiger partial charge in [-0.3, -0.25) is 4.79 Å². The van der Waals surface area contributed by atoms with E-state index < -0.39 is 0 Å². The molecule has 206 valence electrons. The first-order valence-corrected chi connectivity index (χ1v) is 15.7. The molecule has 0 saturated heterocycles. The third kappa shape index (κ3) is 5.48. The molecule has 1 N–H and O–H groups in total. The average Bonchev–Trinajstić information content (AvgIpc) is 3.20. The molecule has 3 saturated carbocycles. The number of ether oxygens (including phenoxy) is 1. The van der Waals surface area contributed by atoms with E-state index in [9.17, 15) is 9.90 Å². The number of aliphatic hydroxyl groups is 1. The van der Waals surface area contributed by atoms with Crippen LogP contribution in [-0.4, -0.2) is 23.3 Å². The number of hydrogen-bond acceptors (Lipinski definition) is 3. The molecule has 0 aliphatic heterocycles. The van der Waals surface area contributed by atoms with Gasteiger partial charge < -0.3 is 9.84 Å². The molecule has 0 aromatic heterocycles. The first-order chi connectivity index (χ1) is 17.1. The maximum absolute atomic E-state index is 12.4. The van der Waals surface area contributed by atoms with Crippen molar-refractivity contribution in [2.75, 3.05) is 0 Å². The van der Waals surface area contributed by atoms with Crippen molar-refractivity contribution in [3.8, 4) is 0 Å². The first kappa shape index (κ1) is 28.2. The molecule has 0 aromatic rings. The monoisotopic (exact) mass is 500 g/mol. The van der Waals surface area contributed by atoms with Crippen LogP contribution in [0.4, 0.5) is 0 Å². The Labute approximate surface area is 222 Å². The van der Waals surface area contributed by atoms with Gasteiger partial charge in [0.05, 0.1) is 6.10 Å². The second-order valence-electron chi connectivity index (χ2n) is 14.2. The standard InChI is InChI=1S/C33H56O3/c1-7-8-9-10-31(35)36-25-17-19-32(5)24(21-25)12-13-26-28-15-14-27(33(28,6)20-18-29(26)32)23(4)11-16-30(34)22(2)3/h12,22-23,25-30,34H,7-11,13-21H2,1-6H3/t23-,25+,26+,27-,28+,29+,30+,32+,33-/m1/s1. The Hall–Kier alpha value is -0.830. The van der Waals surface area contributed by atoms with Gasteiger partial charge in [-0.05, 0) is 111 Å². The van der Waals surface area contributed by atoms with Crippen molar-refractivity contribution in [2.24, 2.45) is 46.3 Å². The van der Waals surface area contributed by atoms with Crippen LogP contribution < -0.4 is 0 Å². The largest absolute Gasteiger partial charge is 0.462 e. The first-order valence-electron chi connectivity index (χ1n) is 15.7. The van der Waals surface area contributed by atoms with Gasteiger partial charge >= 0.3 is 5.97 Å². The van der Waals surface area contributed by atoms with Crippen LogP contribution in [0.15, 0.2) is 11.6 Å². The highest BCUT2D eigenvalue weighted by molar-refractivity contribution is 5.69. The Bertz CT molecular complexity index is 786. The van der Waals surface area contributed by atoms with Crippen molar-refractivity contribution >= 4 is 5.97 Å². The van der Waals surface area contributed by atoms with Gasteiger partial charge in [-0.15, -0.1) is 0 Å². The lowest BCUT2D eigenvalue weighted by atomic mass is 9.47. The van der Waals surface area contributed by atoms with E-state index in [-0.39, 0.29) is 18.2 Å². The van der Waals surface area contributed by atoms with Crippen molar-refractivity contribution in [1.82, 2.24) is 0 Å². The molecule has 3 fully saturated rings. The number of carbonyl (C=O) groups is 1. The van der Waals surface area contributed by atoms with Crippen molar-refractivity contribution in [3.63, 3.8) is 0 Å². The van der Waals surface area contributed by atoms with E-state index in [2.05, 4.69) is 47.6 Å². The second-order valence-corrected chi connectivity index (χ2v) is 14.2. The molecule has 36 heavy (non-hydrogen) atoms. The molecule has 0 spiro atoms. The Morgan fingerprint density at radius 1 is 1.06 bits per heavy atom.